The second-order valence-electron chi connectivity index (χ2n) is 6.55. The molecule has 0 aromatic carbocycles. The van der Waals surface area contributed by atoms with Crippen molar-refractivity contribution in [3.05, 3.63) is 45.2 Å². The van der Waals surface area contributed by atoms with Gasteiger partial charge >= 0.3 is 0 Å². The van der Waals surface area contributed by atoms with Crippen molar-refractivity contribution in [3.8, 4) is 0 Å². The van der Waals surface area contributed by atoms with Gasteiger partial charge in [-0.05, 0) is 24.6 Å². The molecule has 0 unspecified atom stereocenters. The molecule has 1 saturated heterocycles. The van der Waals surface area contributed by atoms with Gasteiger partial charge in [-0.2, -0.15) is 0 Å². The Bertz CT molecular complexity index is 1040. The third kappa shape index (κ3) is 5.69. The predicted octanol–water partition coefficient (Wildman–Crippen LogP) is 1.35. The van der Waals surface area contributed by atoms with Crippen molar-refractivity contribution in [1.82, 2.24) is 14.3 Å². The number of methoxy groups -OCH3 is 1. The number of nitrogens with zero attached hydrogens (tertiary/aromatic N) is 3. The van der Waals surface area contributed by atoms with Crippen molar-refractivity contribution in [2.45, 2.75) is 6.42 Å². The molecule has 1 fully saturated rings. The number of nitrogens with one attached hydrogen (secondary N) is 1. The summed E-state index contributed by atoms with van der Waals surface area (Å²) in [5.41, 5.74) is 0.452. The summed E-state index contributed by atoms with van der Waals surface area (Å²) >= 11 is 6.51. The number of carbonyl (C=O) groups excluding carboxylic acids is 1. The summed E-state index contributed by atoms with van der Waals surface area (Å²) in [4.78, 5) is 32.4. The number of pyridine rings is 1. The number of rotatable bonds is 11. The Morgan fingerprint density at radius 1 is 1.29 bits per heavy atom. The number of amides is 1. The Morgan fingerprint density at radius 3 is 2.90 bits per heavy atom. The Labute approximate surface area is 189 Å². The van der Waals surface area contributed by atoms with Crippen LogP contribution >= 0.6 is 24.0 Å². The minimum absolute atomic E-state index is 0.0625. The zero-order chi connectivity index (χ0) is 22.2. The average molecular weight is 465 g/mol. The number of thioether (sulfide) groups is 1. The Morgan fingerprint density at radius 2 is 2.13 bits per heavy atom. The smallest absolute Gasteiger partial charge is 0.267 e. The van der Waals surface area contributed by atoms with Crippen LogP contribution in [0.2, 0.25) is 0 Å². The molecule has 9 nitrogen and oxygen atoms in total. The lowest BCUT2D eigenvalue weighted by molar-refractivity contribution is -0.122. The zero-order valence-corrected chi connectivity index (χ0v) is 18.7. The molecule has 31 heavy (non-hydrogen) atoms. The van der Waals surface area contributed by atoms with Crippen LogP contribution in [0, 0.1) is 0 Å². The quantitative estimate of drug-likeness (QED) is 0.290. The number of thiocarbonyl (C=S) groups is 1. The molecule has 3 rings (SSSR count). The highest BCUT2D eigenvalue weighted by molar-refractivity contribution is 8.26. The molecular formula is C20H24N4O5S2. The monoisotopic (exact) mass is 464 g/mol. The molecule has 2 aromatic rings. The summed E-state index contributed by atoms with van der Waals surface area (Å²) in [6.07, 6.45) is 3.84. The van der Waals surface area contributed by atoms with E-state index in [1.165, 1.54) is 9.30 Å². The van der Waals surface area contributed by atoms with Crippen LogP contribution in [0.4, 0.5) is 5.82 Å². The van der Waals surface area contributed by atoms with Crippen LogP contribution < -0.4 is 10.9 Å². The van der Waals surface area contributed by atoms with Crippen molar-refractivity contribution in [3.63, 3.8) is 0 Å². The molecule has 1 aliphatic rings. The lowest BCUT2D eigenvalue weighted by atomic mass is 10.2. The van der Waals surface area contributed by atoms with Crippen LogP contribution in [0.3, 0.4) is 0 Å². The van der Waals surface area contributed by atoms with Gasteiger partial charge in [-0.15, -0.1) is 0 Å². The SMILES string of the molecule is COCCCN1C(=O)/C(=C/c2c(NCCOCCO)nc3ccccn3c2=O)SC1=S. The van der Waals surface area contributed by atoms with Gasteiger partial charge in [-0.1, -0.05) is 30.0 Å². The second kappa shape index (κ2) is 11.3. The maximum atomic E-state index is 13.1. The highest BCUT2D eigenvalue weighted by atomic mass is 32.2. The van der Waals surface area contributed by atoms with Gasteiger partial charge in [0.15, 0.2) is 0 Å². The lowest BCUT2D eigenvalue weighted by Gasteiger charge is -2.13. The van der Waals surface area contributed by atoms with Crippen molar-refractivity contribution in [2.75, 3.05) is 51.9 Å². The predicted molar refractivity (Wildman–Crippen MR) is 124 cm³/mol. The largest absolute Gasteiger partial charge is 0.394 e. The number of fused-ring (bicyclic) bond motifs is 1. The lowest BCUT2D eigenvalue weighted by Crippen LogP contribution is -2.29. The summed E-state index contributed by atoms with van der Waals surface area (Å²) in [6, 6.07) is 5.26. The number of aliphatic hydroxyl groups is 1. The van der Waals surface area contributed by atoms with E-state index < -0.39 is 0 Å². The Balaban J connectivity index is 1.91. The van der Waals surface area contributed by atoms with Gasteiger partial charge in [0.05, 0.1) is 30.3 Å². The molecule has 1 amide bonds. The van der Waals surface area contributed by atoms with E-state index in [1.807, 2.05) is 0 Å². The molecule has 0 bridgehead atoms. The summed E-state index contributed by atoms with van der Waals surface area (Å²) in [5, 5.41) is 11.9. The van der Waals surface area contributed by atoms with Crippen molar-refractivity contribution >= 4 is 51.7 Å². The molecule has 0 aliphatic carbocycles. The van der Waals surface area contributed by atoms with Crippen molar-refractivity contribution in [2.24, 2.45) is 0 Å². The molecule has 3 heterocycles. The number of anilines is 1. The molecular weight excluding hydrogens is 440 g/mol. The number of hydrogen-bond acceptors (Lipinski definition) is 9. The normalized spacial score (nSPS) is 15.4. The van der Waals surface area contributed by atoms with Gasteiger partial charge in [-0.25, -0.2) is 4.98 Å². The first kappa shape index (κ1) is 23.4. The van der Waals surface area contributed by atoms with Crippen molar-refractivity contribution < 1.29 is 19.4 Å². The van der Waals surface area contributed by atoms with Gasteiger partial charge in [0.2, 0.25) is 0 Å². The van der Waals surface area contributed by atoms with Crippen LogP contribution in [-0.2, 0) is 14.3 Å². The molecule has 0 spiro atoms. The molecule has 0 radical (unpaired) electrons. The topological polar surface area (TPSA) is 105 Å². The Hall–Kier alpha value is -2.31. The van der Waals surface area contributed by atoms with Crippen LogP contribution in [0.15, 0.2) is 34.1 Å². The minimum Gasteiger partial charge on any atom is -0.394 e. The standard InChI is InChI=1S/C20H24N4O5S2/c1-28-10-4-8-24-19(27)15(31-20(24)30)13-14-17(21-6-11-29-12-9-25)22-16-5-2-3-7-23(16)18(14)26/h2-3,5,7,13,21,25H,4,6,8-12H2,1H3/b15-13-. The van der Waals surface area contributed by atoms with Crippen molar-refractivity contribution in [1.29, 1.82) is 0 Å². The minimum atomic E-state index is -0.297. The maximum absolute atomic E-state index is 13.1. The second-order valence-corrected chi connectivity index (χ2v) is 8.23. The van der Waals surface area contributed by atoms with E-state index >= 15 is 0 Å². The third-order valence-corrected chi connectivity index (χ3v) is 5.80. The molecule has 2 aromatic heterocycles. The van der Waals surface area contributed by atoms with Crippen LogP contribution in [0.5, 0.6) is 0 Å². The third-order valence-electron chi connectivity index (χ3n) is 4.42. The number of hydrogen-bond donors (Lipinski definition) is 2. The maximum Gasteiger partial charge on any atom is 0.267 e. The van der Waals surface area contributed by atoms with E-state index in [0.29, 0.717) is 53.4 Å². The van der Waals surface area contributed by atoms with Crippen LogP contribution in [0.25, 0.3) is 11.7 Å². The highest BCUT2D eigenvalue weighted by Gasteiger charge is 2.32. The zero-order valence-electron chi connectivity index (χ0n) is 17.1. The summed E-state index contributed by atoms with van der Waals surface area (Å²) in [5.74, 6) is 0.120. The number of carbonyl (C=O) groups is 1. The van der Waals surface area contributed by atoms with E-state index in [9.17, 15) is 9.59 Å². The Kier molecular flexibility index (Phi) is 8.55. The summed E-state index contributed by atoms with van der Waals surface area (Å²) < 4.78 is 12.2. The van der Waals surface area contributed by atoms with E-state index in [1.54, 1.807) is 37.6 Å². The van der Waals surface area contributed by atoms with E-state index in [0.717, 1.165) is 11.8 Å². The first-order chi connectivity index (χ1) is 15.1. The van der Waals surface area contributed by atoms with Gasteiger partial charge in [0, 0.05) is 33.0 Å². The fourth-order valence-corrected chi connectivity index (χ4v) is 4.26. The molecule has 0 atom stereocenters. The van der Waals surface area contributed by atoms with E-state index in [-0.39, 0.29) is 30.2 Å². The number of aliphatic hydroxyl groups excluding tert-OH is 1. The van der Waals surface area contributed by atoms with Gasteiger partial charge in [0.1, 0.15) is 15.8 Å². The first-order valence-corrected chi connectivity index (χ1v) is 11.0. The molecule has 2 N–H and O–H groups in total. The molecule has 166 valence electrons. The average Bonchev–Trinajstić information content (AvgIpc) is 3.03. The van der Waals surface area contributed by atoms with Crippen LogP contribution in [-0.4, -0.2) is 76.2 Å². The summed E-state index contributed by atoms with van der Waals surface area (Å²) in [6.45, 7) is 1.86. The van der Waals surface area contributed by atoms with E-state index in [4.69, 9.17) is 26.8 Å². The number of ether oxygens (including phenoxy) is 2. The summed E-state index contributed by atoms with van der Waals surface area (Å²) in [7, 11) is 1.60. The van der Waals surface area contributed by atoms with Gasteiger partial charge < -0.3 is 19.9 Å². The van der Waals surface area contributed by atoms with Gasteiger partial charge in [-0.3, -0.25) is 18.9 Å². The molecule has 11 heteroatoms. The number of aromatic nitrogens is 2. The fraction of sp³-hybridized carbons (Fsp3) is 0.400. The molecule has 1 aliphatic heterocycles. The van der Waals surface area contributed by atoms with E-state index in [2.05, 4.69) is 10.3 Å². The highest BCUT2D eigenvalue weighted by Crippen LogP contribution is 2.33. The van der Waals surface area contributed by atoms with Gasteiger partial charge in [0.25, 0.3) is 11.5 Å². The van der Waals surface area contributed by atoms with Crippen LogP contribution in [0.1, 0.15) is 12.0 Å². The first-order valence-electron chi connectivity index (χ1n) is 9.75. The molecule has 0 saturated carbocycles. The fourth-order valence-electron chi connectivity index (χ4n) is 2.97.